The number of oxime groups is 1. The molecule has 0 aliphatic rings. The summed E-state index contributed by atoms with van der Waals surface area (Å²) in [6.45, 7) is 6.58. The molecule has 0 aliphatic carbocycles. The van der Waals surface area contributed by atoms with Crippen molar-refractivity contribution in [1.29, 1.82) is 0 Å². The Balaban J connectivity index is 2.30. The average Bonchev–Trinajstić information content (AvgIpc) is 2.63. The monoisotopic (exact) mass is 340 g/mol. The van der Waals surface area contributed by atoms with Gasteiger partial charge in [0, 0.05) is 12.6 Å². The Hall–Kier alpha value is -2.82. The molecule has 0 atom stereocenters. The summed E-state index contributed by atoms with van der Waals surface area (Å²) < 4.78 is 5.98. The number of carbonyl (C=O) groups is 1. The maximum Gasteiger partial charge on any atom is 0.273 e. The van der Waals surface area contributed by atoms with Crippen molar-refractivity contribution in [1.82, 2.24) is 5.32 Å². The largest absolute Gasteiger partial charge is 0.489 e. The first-order chi connectivity index (χ1) is 12.1. The SMILES string of the molecule is CCON=C(C(=O)NC)c1ccccc1COc1cc(C)ccc1C. The number of rotatable bonds is 7. The van der Waals surface area contributed by atoms with Gasteiger partial charge in [0.25, 0.3) is 5.91 Å². The van der Waals surface area contributed by atoms with Gasteiger partial charge in [0.05, 0.1) is 0 Å². The summed E-state index contributed by atoms with van der Waals surface area (Å²) in [7, 11) is 1.57. The molecule has 0 saturated carbocycles. The molecule has 5 heteroatoms. The van der Waals surface area contributed by atoms with Crippen LogP contribution in [0.1, 0.15) is 29.2 Å². The number of carbonyl (C=O) groups excluding carboxylic acids is 1. The summed E-state index contributed by atoms with van der Waals surface area (Å²) in [5.41, 5.74) is 4.01. The molecule has 0 fully saturated rings. The summed E-state index contributed by atoms with van der Waals surface area (Å²) in [6, 6.07) is 13.6. The zero-order chi connectivity index (χ0) is 18.2. The molecule has 0 aliphatic heterocycles. The second kappa shape index (κ2) is 8.87. The Labute approximate surface area is 148 Å². The van der Waals surface area contributed by atoms with E-state index >= 15 is 0 Å². The van der Waals surface area contributed by atoms with E-state index in [4.69, 9.17) is 9.57 Å². The highest BCUT2D eigenvalue weighted by Gasteiger charge is 2.17. The third-order valence-electron chi connectivity index (χ3n) is 3.73. The minimum atomic E-state index is -0.298. The fourth-order valence-corrected chi connectivity index (χ4v) is 2.36. The topological polar surface area (TPSA) is 59.9 Å². The number of aryl methyl sites for hydroxylation is 2. The molecule has 2 rings (SSSR count). The lowest BCUT2D eigenvalue weighted by molar-refractivity contribution is -0.114. The van der Waals surface area contributed by atoms with E-state index in [9.17, 15) is 4.79 Å². The van der Waals surface area contributed by atoms with E-state index in [1.807, 2.05) is 57.2 Å². The molecule has 132 valence electrons. The van der Waals surface area contributed by atoms with Gasteiger partial charge >= 0.3 is 0 Å². The van der Waals surface area contributed by atoms with E-state index in [2.05, 4.69) is 16.5 Å². The summed E-state index contributed by atoms with van der Waals surface area (Å²) in [5.74, 6) is 0.533. The minimum absolute atomic E-state index is 0.240. The van der Waals surface area contributed by atoms with E-state index in [1.54, 1.807) is 7.05 Å². The van der Waals surface area contributed by atoms with Crippen molar-refractivity contribution in [3.05, 3.63) is 64.7 Å². The highest BCUT2D eigenvalue weighted by molar-refractivity contribution is 6.45. The van der Waals surface area contributed by atoms with E-state index in [0.29, 0.717) is 18.8 Å². The molecule has 2 aromatic carbocycles. The van der Waals surface area contributed by atoms with Crippen LogP contribution in [0.15, 0.2) is 47.6 Å². The first kappa shape index (κ1) is 18.5. The molecule has 0 bridgehead atoms. The molecule has 1 N–H and O–H groups in total. The maximum absolute atomic E-state index is 12.2. The van der Waals surface area contributed by atoms with Gasteiger partial charge in [-0.05, 0) is 43.5 Å². The predicted molar refractivity (Wildman–Crippen MR) is 98.9 cm³/mol. The molecular formula is C20H24N2O3. The fourth-order valence-electron chi connectivity index (χ4n) is 2.36. The van der Waals surface area contributed by atoms with Crippen molar-refractivity contribution in [2.45, 2.75) is 27.4 Å². The number of ether oxygens (including phenoxy) is 1. The third-order valence-corrected chi connectivity index (χ3v) is 3.73. The van der Waals surface area contributed by atoms with Crippen molar-refractivity contribution in [3.63, 3.8) is 0 Å². The van der Waals surface area contributed by atoms with Crippen LogP contribution in [-0.2, 0) is 16.2 Å². The number of likely N-dealkylation sites (N-methyl/N-ethyl adjacent to an activating group) is 1. The lowest BCUT2D eigenvalue weighted by atomic mass is 10.0. The van der Waals surface area contributed by atoms with Gasteiger partial charge in [0.15, 0.2) is 5.71 Å². The van der Waals surface area contributed by atoms with Gasteiger partial charge in [0.1, 0.15) is 19.0 Å². The van der Waals surface area contributed by atoms with Crippen molar-refractivity contribution < 1.29 is 14.4 Å². The van der Waals surface area contributed by atoms with Crippen LogP contribution in [0, 0.1) is 13.8 Å². The summed E-state index contributed by atoms with van der Waals surface area (Å²) in [4.78, 5) is 17.3. The lowest BCUT2D eigenvalue weighted by Crippen LogP contribution is -2.29. The second-order valence-corrected chi connectivity index (χ2v) is 5.65. The smallest absolute Gasteiger partial charge is 0.273 e. The van der Waals surface area contributed by atoms with Crippen LogP contribution in [0.5, 0.6) is 5.75 Å². The predicted octanol–water partition coefficient (Wildman–Crippen LogP) is 3.37. The Morgan fingerprint density at radius 2 is 1.92 bits per heavy atom. The molecule has 2 aromatic rings. The molecule has 5 nitrogen and oxygen atoms in total. The first-order valence-corrected chi connectivity index (χ1v) is 8.27. The number of hydrogen-bond acceptors (Lipinski definition) is 4. The number of benzene rings is 2. The minimum Gasteiger partial charge on any atom is -0.489 e. The van der Waals surface area contributed by atoms with E-state index in [1.165, 1.54) is 0 Å². The standard InChI is InChI=1S/C20H24N2O3/c1-5-25-22-19(20(23)21-4)17-9-7-6-8-16(17)13-24-18-12-14(2)10-11-15(18)3/h6-12H,5,13H2,1-4H3,(H,21,23). The van der Waals surface area contributed by atoms with E-state index in [0.717, 1.165) is 22.4 Å². The highest BCUT2D eigenvalue weighted by atomic mass is 16.6. The normalized spacial score (nSPS) is 11.1. The Morgan fingerprint density at radius 3 is 2.64 bits per heavy atom. The van der Waals surface area contributed by atoms with Crippen molar-refractivity contribution >= 4 is 11.6 Å². The van der Waals surface area contributed by atoms with Crippen LogP contribution in [0.3, 0.4) is 0 Å². The Morgan fingerprint density at radius 1 is 1.16 bits per heavy atom. The molecule has 0 unspecified atom stereocenters. The number of hydrogen-bond donors (Lipinski definition) is 1. The number of nitrogens with zero attached hydrogens (tertiary/aromatic N) is 1. The van der Waals surface area contributed by atoms with Gasteiger partial charge in [-0.25, -0.2) is 0 Å². The molecular weight excluding hydrogens is 316 g/mol. The average molecular weight is 340 g/mol. The van der Waals surface area contributed by atoms with Crippen LogP contribution in [0.4, 0.5) is 0 Å². The van der Waals surface area contributed by atoms with Crippen molar-refractivity contribution in [2.24, 2.45) is 5.16 Å². The quantitative estimate of drug-likeness (QED) is 0.621. The zero-order valence-electron chi connectivity index (χ0n) is 15.1. The van der Waals surface area contributed by atoms with Crippen LogP contribution in [0.2, 0.25) is 0 Å². The van der Waals surface area contributed by atoms with Gasteiger partial charge in [0.2, 0.25) is 0 Å². The van der Waals surface area contributed by atoms with Gasteiger partial charge in [-0.15, -0.1) is 0 Å². The van der Waals surface area contributed by atoms with Gasteiger partial charge in [-0.1, -0.05) is 41.6 Å². The van der Waals surface area contributed by atoms with Crippen LogP contribution in [-0.4, -0.2) is 25.3 Å². The lowest BCUT2D eigenvalue weighted by Gasteiger charge is -2.14. The Bertz CT molecular complexity index is 769. The molecule has 0 saturated heterocycles. The number of amides is 1. The molecule has 0 heterocycles. The van der Waals surface area contributed by atoms with Crippen molar-refractivity contribution in [3.8, 4) is 5.75 Å². The summed E-state index contributed by atoms with van der Waals surface area (Å²) >= 11 is 0. The molecule has 0 spiro atoms. The second-order valence-electron chi connectivity index (χ2n) is 5.65. The van der Waals surface area contributed by atoms with Gasteiger partial charge in [-0.2, -0.15) is 0 Å². The van der Waals surface area contributed by atoms with Crippen LogP contribution in [0.25, 0.3) is 0 Å². The summed E-state index contributed by atoms with van der Waals surface area (Å²) in [5, 5.41) is 6.58. The summed E-state index contributed by atoms with van der Waals surface area (Å²) in [6.07, 6.45) is 0. The van der Waals surface area contributed by atoms with Crippen LogP contribution < -0.4 is 10.1 Å². The third kappa shape index (κ3) is 4.83. The zero-order valence-corrected chi connectivity index (χ0v) is 15.1. The van der Waals surface area contributed by atoms with Gasteiger partial charge in [-0.3, -0.25) is 4.79 Å². The number of nitrogens with one attached hydrogen (secondary N) is 1. The fraction of sp³-hybridized carbons (Fsp3) is 0.300. The van der Waals surface area contributed by atoms with E-state index in [-0.39, 0.29) is 11.6 Å². The van der Waals surface area contributed by atoms with Crippen LogP contribution >= 0.6 is 0 Å². The Kier molecular flexibility index (Phi) is 6.57. The van der Waals surface area contributed by atoms with Crippen molar-refractivity contribution in [2.75, 3.05) is 13.7 Å². The van der Waals surface area contributed by atoms with E-state index < -0.39 is 0 Å². The maximum atomic E-state index is 12.2. The highest BCUT2D eigenvalue weighted by Crippen LogP contribution is 2.21. The molecule has 0 radical (unpaired) electrons. The molecule has 1 amide bonds. The molecule has 25 heavy (non-hydrogen) atoms. The van der Waals surface area contributed by atoms with Gasteiger partial charge < -0.3 is 14.9 Å². The molecule has 0 aromatic heterocycles. The first-order valence-electron chi connectivity index (χ1n) is 8.27.